The number of nitrogens with two attached hydrogens (primary N) is 1. The van der Waals surface area contributed by atoms with Crippen LogP contribution in [0.4, 0.5) is 13.2 Å². The van der Waals surface area contributed by atoms with Crippen LogP contribution in [0.5, 0.6) is 0 Å². The fourth-order valence-corrected chi connectivity index (χ4v) is 2.91. The van der Waals surface area contributed by atoms with Gasteiger partial charge in [0, 0.05) is 14.6 Å². The van der Waals surface area contributed by atoms with Gasteiger partial charge < -0.3 is 5.73 Å². The van der Waals surface area contributed by atoms with Gasteiger partial charge in [-0.05, 0) is 70.5 Å². The summed E-state index contributed by atoms with van der Waals surface area (Å²) in [5.74, 6) is 0. The first-order chi connectivity index (χ1) is 9.77. The zero-order valence-corrected chi connectivity index (χ0v) is 13.7. The van der Waals surface area contributed by atoms with Crippen molar-refractivity contribution in [3.63, 3.8) is 0 Å². The van der Waals surface area contributed by atoms with Gasteiger partial charge in [-0.15, -0.1) is 0 Å². The van der Waals surface area contributed by atoms with Gasteiger partial charge in [0.2, 0.25) is 0 Å². The van der Waals surface area contributed by atoms with Crippen molar-refractivity contribution in [3.05, 3.63) is 67.7 Å². The van der Waals surface area contributed by atoms with Crippen LogP contribution in [0.2, 0.25) is 5.02 Å². The van der Waals surface area contributed by atoms with Gasteiger partial charge in [0.05, 0.1) is 5.56 Å². The quantitative estimate of drug-likeness (QED) is 0.672. The highest BCUT2D eigenvalue weighted by Gasteiger charge is 2.29. The molecule has 1 nitrogen and oxygen atoms in total. The van der Waals surface area contributed by atoms with E-state index < -0.39 is 11.7 Å². The molecule has 0 saturated carbocycles. The second kappa shape index (κ2) is 6.54. The summed E-state index contributed by atoms with van der Waals surface area (Å²) in [6.45, 7) is 0. The van der Waals surface area contributed by atoms with Crippen LogP contribution < -0.4 is 5.73 Å². The van der Waals surface area contributed by atoms with E-state index in [2.05, 4.69) is 22.6 Å². The Labute approximate surface area is 139 Å². The van der Waals surface area contributed by atoms with Crippen LogP contribution in [0.1, 0.15) is 22.7 Å². The van der Waals surface area contributed by atoms with E-state index in [9.17, 15) is 13.2 Å². The second-order valence-electron chi connectivity index (χ2n) is 4.67. The molecule has 21 heavy (non-hydrogen) atoms. The highest BCUT2D eigenvalue weighted by Crippen LogP contribution is 2.30. The number of benzene rings is 2. The van der Waals surface area contributed by atoms with Gasteiger partial charge in [-0.25, -0.2) is 0 Å². The summed E-state index contributed by atoms with van der Waals surface area (Å²) in [5.41, 5.74) is 7.13. The van der Waals surface area contributed by atoms with E-state index in [0.29, 0.717) is 11.4 Å². The molecule has 1 unspecified atom stereocenters. The summed E-state index contributed by atoms with van der Waals surface area (Å²) in [5, 5.41) is 0.591. The van der Waals surface area contributed by atoms with E-state index in [1.54, 1.807) is 12.1 Å². The summed E-state index contributed by atoms with van der Waals surface area (Å²) in [7, 11) is 0. The van der Waals surface area contributed by atoms with E-state index in [1.165, 1.54) is 12.1 Å². The molecule has 0 bridgehead atoms. The molecule has 0 aliphatic heterocycles. The highest BCUT2D eigenvalue weighted by molar-refractivity contribution is 14.1. The molecule has 0 aromatic heterocycles. The summed E-state index contributed by atoms with van der Waals surface area (Å²) in [4.78, 5) is 0. The van der Waals surface area contributed by atoms with Crippen molar-refractivity contribution in [2.75, 3.05) is 0 Å². The van der Waals surface area contributed by atoms with Gasteiger partial charge in [0.15, 0.2) is 0 Å². The monoisotopic (exact) mass is 425 g/mol. The maximum absolute atomic E-state index is 12.5. The van der Waals surface area contributed by atoms with E-state index in [-0.39, 0.29) is 6.04 Å². The zero-order chi connectivity index (χ0) is 15.6. The lowest BCUT2D eigenvalue weighted by atomic mass is 9.99. The third kappa shape index (κ3) is 4.34. The first-order valence-corrected chi connectivity index (χ1v) is 7.59. The maximum Gasteiger partial charge on any atom is 0.416 e. The van der Waals surface area contributed by atoms with Crippen molar-refractivity contribution < 1.29 is 13.2 Å². The molecule has 2 rings (SSSR count). The van der Waals surface area contributed by atoms with Crippen molar-refractivity contribution in [1.82, 2.24) is 0 Å². The number of hydrogen-bond donors (Lipinski definition) is 1. The Morgan fingerprint density at radius 2 is 1.71 bits per heavy atom. The second-order valence-corrected chi connectivity index (χ2v) is 6.27. The molecule has 2 N–H and O–H groups in total. The van der Waals surface area contributed by atoms with Crippen molar-refractivity contribution in [1.29, 1.82) is 0 Å². The van der Waals surface area contributed by atoms with Crippen LogP contribution in [0, 0.1) is 3.57 Å². The summed E-state index contributed by atoms with van der Waals surface area (Å²) < 4.78 is 38.5. The van der Waals surface area contributed by atoms with Crippen LogP contribution >= 0.6 is 34.2 Å². The predicted octanol–water partition coefficient (Wildman–Crippen LogP) is 5.21. The van der Waals surface area contributed by atoms with E-state index in [1.807, 2.05) is 6.07 Å². The zero-order valence-electron chi connectivity index (χ0n) is 10.8. The van der Waals surface area contributed by atoms with Gasteiger partial charge in [-0.3, -0.25) is 0 Å². The summed E-state index contributed by atoms with van der Waals surface area (Å²) >= 11 is 8.11. The van der Waals surface area contributed by atoms with Crippen LogP contribution in [-0.4, -0.2) is 0 Å². The largest absolute Gasteiger partial charge is 0.416 e. The lowest BCUT2D eigenvalue weighted by Gasteiger charge is -2.15. The van der Waals surface area contributed by atoms with Crippen LogP contribution in [-0.2, 0) is 12.6 Å². The molecule has 0 aliphatic rings. The van der Waals surface area contributed by atoms with Crippen LogP contribution in [0.25, 0.3) is 0 Å². The Kier molecular flexibility index (Phi) is 5.16. The van der Waals surface area contributed by atoms with E-state index in [4.69, 9.17) is 17.3 Å². The number of alkyl halides is 3. The van der Waals surface area contributed by atoms with Crippen molar-refractivity contribution in [2.45, 2.75) is 18.6 Å². The molecular formula is C15H12ClF3IN. The molecule has 0 saturated heterocycles. The maximum atomic E-state index is 12.5. The third-order valence-corrected chi connectivity index (χ3v) is 4.31. The highest BCUT2D eigenvalue weighted by atomic mass is 127. The first kappa shape index (κ1) is 16.6. The van der Waals surface area contributed by atoms with Crippen molar-refractivity contribution in [2.24, 2.45) is 5.73 Å². The molecule has 0 fully saturated rings. The molecule has 6 heteroatoms. The van der Waals surface area contributed by atoms with Gasteiger partial charge in [0.25, 0.3) is 0 Å². The van der Waals surface area contributed by atoms with Gasteiger partial charge in [0.1, 0.15) is 0 Å². The smallest absolute Gasteiger partial charge is 0.324 e. The lowest BCUT2D eigenvalue weighted by Crippen LogP contribution is -2.15. The molecule has 0 heterocycles. The first-order valence-electron chi connectivity index (χ1n) is 6.14. The molecule has 0 amide bonds. The van der Waals surface area contributed by atoms with E-state index in [0.717, 1.165) is 26.8 Å². The van der Waals surface area contributed by atoms with Gasteiger partial charge >= 0.3 is 6.18 Å². The number of hydrogen-bond acceptors (Lipinski definition) is 1. The Morgan fingerprint density at radius 3 is 2.29 bits per heavy atom. The Balaban J connectivity index is 2.16. The number of halogens is 5. The van der Waals surface area contributed by atoms with Gasteiger partial charge in [-0.2, -0.15) is 13.2 Å². The lowest BCUT2D eigenvalue weighted by molar-refractivity contribution is -0.137. The average Bonchev–Trinajstić information content (AvgIpc) is 2.41. The molecule has 0 aliphatic carbocycles. The minimum atomic E-state index is -4.32. The van der Waals surface area contributed by atoms with Gasteiger partial charge in [-0.1, -0.05) is 23.7 Å². The molecule has 0 spiro atoms. The Hall–Kier alpha value is -0.790. The number of rotatable bonds is 3. The fraction of sp³-hybridized carbons (Fsp3) is 0.200. The predicted molar refractivity (Wildman–Crippen MR) is 86.2 cm³/mol. The normalized spacial score (nSPS) is 13.2. The Bertz CT molecular complexity index is 626. The minimum Gasteiger partial charge on any atom is -0.324 e. The molecule has 2 aromatic rings. The average molecular weight is 426 g/mol. The minimum absolute atomic E-state index is 0.313. The molecular weight excluding hydrogens is 414 g/mol. The van der Waals surface area contributed by atoms with Crippen molar-refractivity contribution in [3.8, 4) is 0 Å². The summed E-state index contributed by atoms with van der Waals surface area (Å²) in [6.07, 6.45) is -3.86. The molecule has 112 valence electrons. The van der Waals surface area contributed by atoms with Crippen LogP contribution in [0.15, 0.2) is 42.5 Å². The molecule has 2 aromatic carbocycles. The fourth-order valence-electron chi connectivity index (χ4n) is 1.99. The van der Waals surface area contributed by atoms with Crippen LogP contribution in [0.3, 0.4) is 0 Å². The molecule has 0 radical (unpaired) electrons. The van der Waals surface area contributed by atoms with Crippen molar-refractivity contribution >= 4 is 34.2 Å². The Morgan fingerprint density at radius 1 is 1.10 bits per heavy atom. The van der Waals surface area contributed by atoms with E-state index >= 15 is 0 Å². The standard InChI is InChI=1S/C15H12ClF3IN/c16-11-5-6-13(20)12(8-11)14(21)7-9-1-3-10(4-2-9)15(17,18)19/h1-6,8,14H,7,21H2. The summed E-state index contributed by atoms with van der Waals surface area (Å²) in [6, 6.07) is 10.2. The third-order valence-electron chi connectivity index (χ3n) is 3.09. The SMILES string of the molecule is NC(Cc1ccc(C(F)(F)F)cc1)c1cc(Cl)ccc1I. The topological polar surface area (TPSA) is 26.0 Å². The molecule has 1 atom stereocenters.